The summed E-state index contributed by atoms with van der Waals surface area (Å²) in [6.07, 6.45) is 5.90. The first-order chi connectivity index (χ1) is 12.2. The Morgan fingerprint density at radius 3 is 2.72 bits per heavy atom. The van der Waals surface area contributed by atoms with Crippen LogP contribution in [0.3, 0.4) is 0 Å². The normalized spacial score (nSPS) is 15.5. The highest BCUT2D eigenvalue weighted by Crippen LogP contribution is 2.29. The molecule has 0 saturated carbocycles. The molecule has 126 valence electrons. The summed E-state index contributed by atoms with van der Waals surface area (Å²) in [6.45, 7) is 3.92. The number of aryl methyl sites for hydroxylation is 1. The highest BCUT2D eigenvalue weighted by Gasteiger charge is 2.23. The van der Waals surface area contributed by atoms with Crippen molar-refractivity contribution in [3.63, 3.8) is 0 Å². The van der Waals surface area contributed by atoms with E-state index in [0.717, 1.165) is 42.7 Å². The van der Waals surface area contributed by atoms with Crippen molar-refractivity contribution in [2.24, 2.45) is 0 Å². The van der Waals surface area contributed by atoms with Gasteiger partial charge in [-0.15, -0.1) is 0 Å². The number of hydrogen-bond acceptors (Lipinski definition) is 4. The molecule has 0 amide bonds. The molecule has 1 aliphatic rings. The fourth-order valence-corrected chi connectivity index (χ4v) is 3.74. The molecule has 2 aromatic heterocycles. The van der Waals surface area contributed by atoms with Crippen molar-refractivity contribution in [2.75, 3.05) is 18.0 Å². The number of anilines is 1. The average Bonchev–Trinajstić information content (AvgIpc) is 3.07. The van der Waals surface area contributed by atoms with E-state index < -0.39 is 0 Å². The van der Waals surface area contributed by atoms with E-state index in [1.165, 1.54) is 5.69 Å². The molecule has 4 rings (SSSR count). The summed E-state index contributed by atoms with van der Waals surface area (Å²) >= 11 is 6.06. The molecular weight excluding hydrogens is 334 g/mol. The topological polar surface area (TPSA) is 57.7 Å². The Morgan fingerprint density at radius 1 is 1.24 bits per heavy atom. The number of halogens is 1. The second-order valence-corrected chi connectivity index (χ2v) is 6.90. The number of rotatable bonds is 2. The molecular formula is C19H18ClN5. The van der Waals surface area contributed by atoms with Crippen LogP contribution in [0.25, 0.3) is 10.9 Å². The number of imidazole rings is 1. The van der Waals surface area contributed by atoms with Gasteiger partial charge in [-0.1, -0.05) is 11.6 Å². The molecule has 1 saturated heterocycles. The highest BCUT2D eigenvalue weighted by atomic mass is 35.5. The fourth-order valence-electron chi connectivity index (χ4n) is 3.56. The molecule has 0 radical (unpaired) electrons. The van der Waals surface area contributed by atoms with E-state index in [4.69, 9.17) is 16.6 Å². The third-order valence-electron chi connectivity index (χ3n) is 4.92. The van der Waals surface area contributed by atoms with Gasteiger partial charge in [0.1, 0.15) is 5.82 Å². The summed E-state index contributed by atoms with van der Waals surface area (Å²) in [5.41, 5.74) is 2.63. The van der Waals surface area contributed by atoms with Crippen LogP contribution >= 0.6 is 11.6 Å². The monoisotopic (exact) mass is 351 g/mol. The molecule has 0 N–H and O–H groups in total. The largest absolute Gasteiger partial charge is 0.356 e. The SMILES string of the molecule is Cc1cncn1C1CCN(c2cc(C#N)c3cc(Cl)ccc3n2)CC1. The Bertz CT molecular complexity index is 964. The zero-order valence-electron chi connectivity index (χ0n) is 14.0. The Labute approximate surface area is 151 Å². The molecule has 3 aromatic rings. The van der Waals surface area contributed by atoms with Crippen LogP contribution in [-0.4, -0.2) is 27.6 Å². The van der Waals surface area contributed by atoms with Gasteiger partial charge in [-0.05, 0) is 44.0 Å². The standard InChI is InChI=1S/C19H18ClN5/c1-13-11-22-12-25(13)16-4-6-24(7-5-16)19-8-14(10-21)17-9-15(20)2-3-18(17)23-19/h2-3,8-9,11-12,16H,4-7H2,1H3. The van der Waals surface area contributed by atoms with Gasteiger partial charge in [-0.25, -0.2) is 9.97 Å². The van der Waals surface area contributed by atoms with Crippen LogP contribution in [-0.2, 0) is 0 Å². The molecule has 0 bridgehead atoms. The number of aromatic nitrogens is 3. The van der Waals surface area contributed by atoms with Crippen LogP contribution in [0.4, 0.5) is 5.82 Å². The number of hydrogen-bond donors (Lipinski definition) is 0. The summed E-state index contributed by atoms with van der Waals surface area (Å²) < 4.78 is 2.26. The highest BCUT2D eigenvalue weighted by molar-refractivity contribution is 6.31. The number of nitrogens with zero attached hydrogens (tertiary/aromatic N) is 5. The van der Waals surface area contributed by atoms with Crippen molar-refractivity contribution >= 4 is 28.3 Å². The Kier molecular flexibility index (Phi) is 4.06. The maximum Gasteiger partial charge on any atom is 0.130 e. The summed E-state index contributed by atoms with van der Waals surface area (Å²) in [7, 11) is 0. The second kappa shape index (κ2) is 6.38. The van der Waals surface area contributed by atoms with Gasteiger partial charge < -0.3 is 9.47 Å². The molecule has 3 heterocycles. The molecule has 0 spiro atoms. The molecule has 6 heteroatoms. The van der Waals surface area contributed by atoms with Gasteiger partial charge in [0, 0.05) is 41.4 Å². The van der Waals surface area contributed by atoms with E-state index in [2.05, 4.69) is 27.4 Å². The van der Waals surface area contributed by atoms with Crippen LogP contribution < -0.4 is 4.90 Å². The van der Waals surface area contributed by atoms with Crippen LogP contribution in [0.1, 0.15) is 30.1 Å². The van der Waals surface area contributed by atoms with Crippen LogP contribution in [0.15, 0.2) is 36.8 Å². The summed E-state index contributed by atoms with van der Waals surface area (Å²) in [4.78, 5) is 11.2. The summed E-state index contributed by atoms with van der Waals surface area (Å²) in [6, 6.07) is 10.1. The number of fused-ring (bicyclic) bond motifs is 1. The fraction of sp³-hybridized carbons (Fsp3) is 0.316. The lowest BCUT2D eigenvalue weighted by molar-refractivity contribution is 0.390. The van der Waals surface area contributed by atoms with Gasteiger partial charge in [0.15, 0.2) is 0 Å². The number of pyridine rings is 1. The molecule has 0 atom stereocenters. The van der Waals surface area contributed by atoms with Crippen LogP contribution in [0.2, 0.25) is 5.02 Å². The Morgan fingerprint density at radius 2 is 2.04 bits per heavy atom. The van der Waals surface area contributed by atoms with E-state index in [1.807, 2.05) is 30.7 Å². The maximum absolute atomic E-state index is 9.50. The molecule has 0 unspecified atom stereocenters. The smallest absolute Gasteiger partial charge is 0.130 e. The number of piperidine rings is 1. The summed E-state index contributed by atoms with van der Waals surface area (Å²) in [5, 5.41) is 10.9. The van der Waals surface area contributed by atoms with E-state index >= 15 is 0 Å². The van der Waals surface area contributed by atoms with Crippen LogP contribution in [0, 0.1) is 18.3 Å². The molecule has 25 heavy (non-hydrogen) atoms. The first-order valence-corrected chi connectivity index (χ1v) is 8.77. The third kappa shape index (κ3) is 2.94. The number of nitriles is 1. The van der Waals surface area contributed by atoms with E-state index in [-0.39, 0.29) is 0 Å². The molecule has 1 aromatic carbocycles. The van der Waals surface area contributed by atoms with Gasteiger partial charge in [0.05, 0.1) is 23.5 Å². The second-order valence-electron chi connectivity index (χ2n) is 6.46. The lowest BCUT2D eigenvalue weighted by atomic mass is 10.0. The van der Waals surface area contributed by atoms with Gasteiger partial charge in [-0.3, -0.25) is 0 Å². The maximum atomic E-state index is 9.50. The lowest BCUT2D eigenvalue weighted by Crippen LogP contribution is -2.35. The lowest BCUT2D eigenvalue weighted by Gasteiger charge is -2.34. The van der Waals surface area contributed by atoms with Gasteiger partial charge >= 0.3 is 0 Å². The number of benzene rings is 1. The van der Waals surface area contributed by atoms with Crippen molar-refractivity contribution in [2.45, 2.75) is 25.8 Å². The van der Waals surface area contributed by atoms with Crippen molar-refractivity contribution in [1.29, 1.82) is 5.26 Å². The first-order valence-electron chi connectivity index (χ1n) is 8.39. The Balaban J connectivity index is 1.60. The van der Waals surface area contributed by atoms with E-state index in [9.17, 15) is 5.26 Å². The molecule has 5 nitrogen and oxygen atoms in total. The quantitative estimate of drug-likeness (QED) is 0.697. The summed E-state index contributed by atoms with van der Waals surface area (Å²) in [5.74, 6) is 0.868. The minimum atomic E-state index is 0.480. The van der Waals surface area contributed by atoms with E-state index in [1.54, 1.807) is 6.07 Å². The predicted octanol–water partition coefficient (Wildman–Crippen LogP) is 4.11. The molecule has 0 aliphatic carbocycles. The van der Waals surface area contributed by atoms with Crippen molar-refractivity contribution < 1.29 is 0 Å². The average molecular weight is 352 g/mol. The van der Waals surface area contributed by atoms with Crippen molar-refractivity contribution in [1.82, 2.24) is 14.5 Å². The van der Waals surface area contributed by atoms with Crippen molar-refractivity contribution in [3.8, 4) is 6.07 Å². The Hall–Kier alpha value is -2.58. The zero-order chi connectivity index (χ0) is 17.4. The van der Waals surface area contributed by atoms with Crippen molar-refractivity contribution in [3.05, 3.63) is 53.1 Å². The third-order valence-corrected chi connectivity index (χ3v) is 5.15. The minimum absolute atomic E-state index is 0.480. The predicted molar refractivity (Wildman–Crippen MR) is 98.9 cm³/mol. The molecule has 1 aliphatic heterocycles. The van der Waals surface area contributed by atoms with Gasteiger partial charge in [0.2, 0.25) is 0 Å². The van der Waals surface area contributed by atoms with Gasteiger partial charge in [0.25, 0.3) is 0 Å². The zero-order valence-corrected chi connectivity index (χ0v) is 14.7. The minimum Gasteiger partial charge on any atom is -0.356 e. The van der Waals surface area contributed by atoms with E-state index in [0.29, 0.717) is 16.6 Å². The molecule has 1 fully saturated rings. The van der Waals surface area contributed by atoms with Gasteiger partial charge in [-0.2, -0.15) is 5.26 Å². The van der Waals surface area contributed by atoms with Crippen LogP contribution in [0.5, 0.6) is 0 Å². The first kappa shape index (κ1) is 15.9.